The molecule has 1 N–H and O–H groups in total. The number of para-hydroxylation sites is 1. The summed E-state index contributed by atoms with van der Waals surface area (Å²) in [5, 5.41) is 11.2. The maximum Gasteiger partial charge on any atom is 0.247 e. The summed E-state index contributed by atoms with van der Waals surface area (Å²) in [6, 6.07) is 13.9. The summed E-state index contributed by atoms with van der Waals surface area (Å²) in [6.45, 7) is 3.19. The number of ether oxygens (including phenoxy) is 2. The Morgan fingerprint density at radius 1 is 1.15 bits per heavy atom. The van der Waals surface area contributed by atoms with E-state index in [1.165, 1.54) is 0 Å². The molecule has 0 saturated heterocycles. The van der Waals surface area contributed by atoms with Gasteiger partial charge in [-0.2, -0.15) is 0 Å². The SMILES string of the molecule is CCCCN(C(=O)Cn1nnc2ccccc21)C(C(=O)NCCOC)c1cccc(OC)c1. The zero-order chi connectivity index (χ0) is 23.6. The van der Waals surface area contributed by atoms with Crippen LogP contribution in [0.3, 0.4) is 0 Å². The quantitative estimate of drug-likeness (QED) is 0.423. The summed E-state index contributed by atoms with van der Waals surface area (Å²) in [4.78, 5) is 28.5. The summed E-state index contributed by atoms with van der Waals surface area (Å²) in [5.74, 6) is 0.134. The molecule has 0 bridgehead atoms. The first-order chi connectivity index (χ1) is 16.1. The number of fused-ring (bicyclic) bond motifs is 1. The van der Waals surface area contributed by atoms with Crippen molar-refractivity contribution in [2.24, 2.45) is 0 Å². The normalized spacial score (nSPS) is 11.8. The Morgan fingerprint density at radius 2 is 1.97 bits per heavy atom. The number of amides is 2. The first-order valence-electron chi connectivity index (χ1n) is 11.1. The van der Waals surface area contributed by atoms with Crippen molar-refractivity contribution in [3.8, 4) is 5.75 Å². The highest BCUT2D eigenvalue weighted by Gasteiger charge is 2.31. The lowest BCUT2D eigenvalue weighted by atomic mass is 10.0. The number of rotatable bonds is 12. The van der Waals surface area contributed by atoms with E-state index in [0.29, 0.717) is 36.5 Å². The highest BCUT2D eigenvalue weighted by atomic mass is 16.5. The van der Waals surface area contributed by atoms with Crippen LogP contribution in [0.2, 0.25) is 0 Å². The molecule has 1 aromatic heterocycles. The minimum absolute atomic E-state index is 0.0178. The first-order valence-corrected chi connectivity index (χ1v) is 11.1. The number of nitrogens with zero attached hydrogens (tertiary/aromatic N) is 4. The maximum absolute atomic E-state index is 13.6. The monoisotopic (exact) mass is 453 g/mol. The van der Waals surface area contributed by atoms with Crippen molar-refractivity contribution in [1.82, 2.24) is 25.2 Å². The fourth-order valence-corrected chi connectivity index (χ4v) is 3.64. The predicted octanol–water partition coefficient (Wildman–Crippen LogP) is 2.57. The molecule has 2 aromatic carbocycles. The topological polar surface area (TPSA) is 98.6 Å². The fraction of sp³-hybridized carbons (Fsp3) is 0.417. The van der Waals surface area contributed by atoms with E-state index in [1.54, 1.807) is 29.9 Å². The van der Waals surface area contributed by atoms with Crippen LogP contribution in [-0.2, 0) is 20.9 Å². The number of aromatic nitrogens is 3. The van der Waals surface area contributed by atoms with Crippen molar-refractivity contribution in [2.75, 3.05) is 33.9 Å². The van der Waals surface area contributed by atoms with Crippen molar-refractivity contribution in [1.29, 1.82) is 0 Å². The van der Waals surface area contributed by atoms with Gasteiger partial charge in [-0.1, -0.05) is 42.8 Å². The van der Waals surface area contributed by atoms with Gasteiger partial charge in [-0.15, -0.1) is 5.10 Å². The van der Waals surface area contributed by atoms with Gasteiger partial charge >= 0.3 is 0 Å². The van der Waals surface area contributed by atoms with Gasteiger partial charge in [0.15, 0.2) is 0 Å². The van der Waals surface area contributed by atoms with Crippen molar-refractivity contribution in [3.05, 3.63) is 54.1 Å². The lowest BCUT2D eigenvalue weighted by molar-refractivity contribution is -0.141. The predicted molar refractivity (Wildman–Crippen MR) is 125 cm³/mol. The van der Waals surface area contributed by atoms with E-state index >= 15 is 0 Å². The average molecular weight is 454 g/mol. The number of carbonyl (C=O) groups is 2. The molecular formula is C24H31N5O4. The molecule has 0 saturated carbocycles. The van der Waals surface area contributed by atoms with Crippen LogP contribution < -0.4 is 10.1 Å². The van der Waals surface area contributed by atoms with Gasteiger partial charge in [-0.25, -0.2) is 4.68 Å². The minimum Gasteiger partial charge on any atom is -0.497 e. The third-order valence-corrected chi connectivity index (χ3v) is 5.35. The summed E-state index contributed by atoms with van der Waals surface area (Å²) in [5.41, 5.74) is 2.16. The van der Waals surface area contributed by atoms with Crippen LogP contribution in [0.4, 0.5) is 0 Å². The van der Waals surface area contributed by atoms with Crippen molar-refractivity contribution < 1.29 is 19.1 Å². The summed E-state index contributed by atoms with van der Waals surface area (Å²) in [7, 11) is 3.15. The molecule has 0 radical (unpaired) electrons. The Kier molecular flexibility index (Phi) is 8.77. The number of benzene rings is 2. The van der Waals surface area contributed by atoms with Crippen molar-refractivity contribution in [3.63, 3.8) is 0 Å². The highest BCUT2D eigenvalue weighted by Crippen LogP contribution is 2.26. The maximum atomic E-state index is 13.6. The van der Waals surface area contributed by atoms with Crippen LogP contribution >= 0.6 is 0 Å². The number of nitrogens with one attached hydrogen (secondary N) is 1. The van der Waals surface area contributed by atoms with E-state index in [1.807, 2.05) is 49.4 Å². The van der Waals surface area contributed by atoms with E-state index < -0.39 is 6.04 Å². The second kappa shape index (κ2) is 12.0. The van der Waals surface area contributed by atoms with Gasteiger partial charge in [0.05, 0.1) is 19.2 Å². The summed E-state index contributed by atoms with van der Waals surface area (Å²) in [6.07, 6.45) is 1.64. The number of unbranched alkanes of at least 4 members (excludes halogenated alkanes) is 1. The highest BCUT2D eigenvalue weighted by molar-refractivity contribution is 5.89. The van der Waals surface area contributed by atoms with Crippen LogP contribution in [0.15, 0.2) is 48.5 Å². The molecule has 1 atom stereocenters. The number of carbonyl (C=O) groups excluding carboxylic acids is 2. The van der Waals surface area contributed by atoms with Gasteiger partial charge in [-0.05, 0) is 36.2 Å². The smallest absolute Gasteiger partial charge is 0.247 e. The second-order valence-electron chi connectivity index (χ2n) is 7.64. The Labute approximate surface area is 193 Å². The minimum atomic E-state index is -0.814. The van der Waals surface area contributed by atoms with Crippen molar-refractivity contribution >= 4 is 22.8 Å². The standard InChI is InChI=1S/C24H31N5O4/c1-4-5-14-28(22(30)17-29-21-12-7-6-11-20(21)26-27-29)23(24(31)25-13-15-32-2)18-9-8-10-19(16-18)33-3/h6-12,16,23H,4-5,13-15,17H2,1-3H3,(H,25,31). The second-order valence-corrected chi connectivity index (χ2v) is 7.64. The summed E-state index contributed by atoms with van der Waals surface area (Å²) >= 11 is 0. The Morgan fingerprint density at radius 3 is 2.73 bits per heavy atom. The fourth-order valence-electron chi connectivity index (χ4n) is 3.64. The zero-order valence-corrected chi connectivity index (χ0v) is 19.4. The van der Waals surface area contributed by atoms with E-state index in [0.717, 1.165) is 18.4 Å². The van der Waals surface area contributed by atoms with Gasteiger partial charge < -0.3 is 19.7 Å². The van der Waals surface area contributed by atoms with Gasteiger partial charge in [0, 0.05) is 20.2 Å². The molecule has 0 fully saturated rings. The van der Waals surface area contributed by atoms with Gasteiger partial charge in [-0.3, -0.25) is 9.59 Å². The van der Waals surface area contributed by atoms with Crippen LogP contribution in [0.5, 0.6) is 5.75 Å². The molecule has 1 unspecified atom stereocenters. The first kappa shape index (κ1) is 24.2. The van der Waals surface area contributed by atoms with Crippen LogP contribution in [0.1, 0.15) is 31.4 Å². The molecule has 3 rings (SSSR count). The molecule has 0 aliphatic carbocycles. The molecule has 33 heavy (non-hydrogen) atoms. The average Bonchev–Trinajstić information content (AvgIpc) is 3.24. The van der Waals surface area contributed by atoms with Crippen molar-refractivity contribution in [2.45, 2.75) is 32.4 Å². The molecule has 9 heteroatoms. The molecule has 9 nitrogen and oxygen atoms in total. The number of hydrogen-bond acceptors (Lipinski definition) is 6. The lowest BCUT2D eigenvalue weighted by Gasteiger charge is -2.31. The molecule has 2 amide bonds. The molecule has 176 valence electrons. The van der Waals surface area contributed by atoms with Crippen LogP contribution in [-0.4, -0.2) is 65.6 Å². The number of hydrogen-bond donors (Lipinski definition) is 1. The molecule has 3 aromatic rings. The van der Waals surface area contributed by atoms with E-state index in [2.05, 4.69) is 15.6 Å². The number of methoxy groups -OCH3 is 2. The van der Waals surface area contributed by atoms with Gasteiger partial charge in [0.1, 0.15) is 23.9 Å². The van der Waals surface area contributed by atoms with Gasteiger partial charge in [0.25, 0.3) is 0 Å². The third kappa shape index (κ3) is 6.07. The Balaban J connectivity index is 1.94. The van der Waals surface area contributed by atoms with Crippen LogP contribution in [0, 0.1) is 0 Å². The third-order valence-electron chi connectivity index (χ3n) is 5.35. The molecule has 1 heterocycles. The Bertz CT molecular complexity index is 1070. The van der Waals surface area contributed by atoms with E-state index in [4.69, 9.17) is 9.47 Å². The zero-order valence-electron chi connectivity index (χ0n) is 19.4. The molecular weight excluding hydrogens is 422 g/mol. The molecule has 0 aliphatic rings. The molecule has 0 spiro atoms. The largest absolute Gasteiger partial charge is 0.497 e. The van der Waals surface area contributed by atoms with Gasteiger partial charge in [0.2, 0.25) is 11.8 Å². The van der Waals surface area contributed by atoms with Crippen LogP contribution in [0.25, 0.3) is 11.0 Å². The Hall–Kier alpha value is -3.46. The molecule has 0 aliphatic heterocycles. The summed E-state index contributed by atoms with van der Waals surface area (Å²) < 4.78 is 12.0. The lowest BCUT2D eigenvalue weighted by Crippen LogP contribution is -2.46. The van der Waals surface area contributed by atoms with E-state index in [-0.39, 0.29) is 18.4 Å². The van der Waals surface area contributed by atoms with E-state index in [9.17, 15) is 9.59 Å².